The summed E-state index contributed by atoms with van der Waals surface area (Å²) in [5.74, 6) is 0. The third-order valence-electron chi connectivity index (χ3n) is 11.7. The van der Waals surface area contributed by atoms with E-state index >= 15 is 0 Å². The summed E-state index contributed by atoms with van der Waals surface area (Å²) in [5.41, 5.74) is 25.1. The number of allylic oxidation sites excluding steroid dienone is 8. The molecule has 2 heterocycles. The van der Waals surface area contributed by atoms with E-state index in [2.05, 4.69) is 174 Å². The molecule has 0 unspecified atom stereocenters. The van der Waals surface area contributed by atoms with Gasteiger partial charge in [-0.1, -0.05) is 140 Å². The Labute approximate surface area is 290 Å². The zero-order valence-corrected chi connectivity index (χ0v) is 27.2. The van der Waals surface area contributed by atoms with E-state index in [1.165, 1.54) is 99.8 Å². The molecule has 0 amide bonds. The summed E-state index contributed by atoms with van der Waals surface area (Å²) >= 11 is 0. The van der Waals surface area contributed by atoms with Gasteiger partial charge < -0.3 is 4.57 Å². The number of hydrogen-bond acceptors (Lipinski definition) is 0. The molecule has 5 aliphatic rings. The van der Waals surface area contributed by atoms with Crippen molar-refractivity contribution in [2.45, 2.75) is 11.8 Å². The van der Waals surface area contributed by atoms with Crippen LogP contribution < -0.4 is 0 Å². The van der Waals surface area contributed by atoms with Crippen LogP contribution in [0.5, 0.6) is 0 Å². The van der Waals surface area contributed by atoms with Crippen molar-refractivity contribution in [3.8, 4) is 27.9 Å². The Hall–Kier alpha value is -6.40. The molecule has 230 valence electrons. The molecule has 1 nitrogen and oxygen atoms in total. The van der Waals surface area contributed by atoms with Crippen molar-refractivity contribution in [3.05, 3.63) is 208 Å². The summed E-state index contributed by atoms with van der Waals surface area (Å²) in [5, 5.41) is 2.60. The predicted octanol–water partition coefficient (Wildman–Crippen LogP) is 12.0. The molecule has 0 saturated heterocycles. The lowest BCUT2D eigenvalue weighted by Gasteiger charge is -2.39. The standard InChI is InChI=1S/C49H29N/c1-2-13-31-28-30(12-1)34-14-3-4-18-39-33(25-26-35(31)47(34)39)32-24-27-43-46(29-32)50-45-23-10-7-17-38(45)40-19-11-22-44(48(40)50)49(43)41-20-8-5-15-36(41)37-16-6-9-21-42(37)49/h1-2,4-27,29H,3H2. The zero-order valence-electron chi connectivity index (χ0n) is 27.2. The van der Waals surface area contributed by atoms with Gasteiger partial charge in [-0.05, 0) is 97.5 Å². The van der Waals surface area contributed by atoms with Crippen LogP contribution in [0, 0.1) is 0 Å². The van der Waals surface area contributed by atoms with E-state index in [0.717, 1.165) is 12.0 Å². The smallest absolute Gasteiger partial charge is 0.0754 e. The first-order valence-electron chi connectivity index (χ1n) is 17.6. The number of nitrogens with zero attached hydrogens (tertiary/aromatic N) is 1. The molecule has 1 spiro atoms. The Balaban J connectivity index is 1.21. The highest BCUT2D eigenvalue weighted by atomic mass is 15.0. The van der Waals surface area contributed by atoms with Crippen LogP contribution in [-0.4, -0.2) is 4.57 Å². The number of fused-ring (bicyclic) bond motifs is 14. The Kier molecular flexibility index (Phi) is 4.99. The molecule has 0 N–H and O–H groups in total. The van der Waals surface area contributed by atoms with Crippen LogP contribution in [-0.2, 0) is 5.41 Å². The van der Waals surface area contributed by atoms with Crippen molar-refractivity contribution in [1.82, 2.24) is 4.57 Å². The fourth-order valence-electron chi connectivity index (χ4n) is 9.86. The molecule has 7 aromatic rings. The minimum atomic E-state index is -0.435. The van der Waals surface area contributed by atoms with Gasteiger partial charge in [0.1, 0.15) is 0 Å². The SMILES string of the molecule is C1=C2C=CC=CC=1c1ccc(-c3ccc4c(c3)-n3c5ccccc5c5cccc(c53)C43c4ccccc4-c4ccccc43)c3c1C2=CCC=C3. The van der Waals surface area contributed by atoms with Gasteiger partial charge in [0.2, 0.25) is 0 Å². The van der Waals surface area contributed by atoms with Crippen molar-refractivity contribution < 1.29 is 0 Å². The van der Waals surface area contributed by atoms with Crippen LogP contribution in [0.4, 0.5) is 0 Å². The van der Waals surface area contributed by atoms with Crippen LogP contribution in [0.15, 0.2) is 169 Å². The highest BCUT2D eigenvalue weighted by Gasteiger charge is 2.50. The summed E-state index contributed by atoms with van der Waals surface area (Å²) in [6.07, 6.45) is 16.6. The predicted molar refractivity (Wildman–Crippen MR) is 207 cm³/mol. The van der Waals surface area contributed by atoms with E-state index in [1.807, 2.05) is 0 Å². The van der Waals surface area contributed by atoms with Gasteiger partial charge in [0.25, 0.3) is 0 Å². The van der Waals surface area contributed by atoms with Crippen LogP contribution >= 0.6 is 0 Å². The van der Waals surface area contributed by atoms with Gasteiger partial charge in [0, 0.05) is 21.9 Å². The van der Waals surface area contributed by atoms with Crippen molar-refractivity contribution in [1.29, 1.82) is 0 Å². The Morgan fingerprint density at radius 3 is 2.14 bits per heavy atom. The molecule has 1 aliphatic heterocycles. The molecule has 50 heavy (non-hydrogen) atoms. The summed E-state index contributed by atoms with van der Waals surface area (Å²) in [4.78, 5) is 0. The molecule has 0 atom stereocenters. The average molecular weight is 632 g/mol. The Morgan fingerprint density at radius 2 is 1.28 bits per heavy atom. The maximum atomic E-state index is 3.70. The minimum absolute atomic E-state index is 0.435. The summed E-state index contributed by atoms with van der Waals surface area (Å²) in [6.45, 7) is 0. The molecule has 6 aromatic carbocycles. The van der Waals surface area contributed by atoms with Crippen molar-refractivity contribution in [2.75, 3.05) is 0 Å². The molecule has 4 aliphatic carbocycles. The molecule has 1 aromatic heterocycles. The first kappa shape index (κ1) is 26.5. The third-order valence-corrected chi connectivity index (χ3v) is 11.7. The normalized spacial score (nSPS) is 16.3. The van der Waals surface area contributed by atoms with Crippen LogP contribution in [0.25, 0.3) is 67.0 Å². The average Bonchev–Trinajstić information content (AvgIpc) is 3.41. The van der Waals surface area contributed by atoms with Gasteiger partial charge >= 0.3 is 0 Å². The largest absolute Gasteiger partial charge is 0.309 e. The van der Waals surface area contributed by atoms with Gasteiger partial charge in [-0.25, -0.2) is 0 Å². The molecule has 2 bridgehead atoms. The fourth-order valence-corrected chi connectivity index (χ4v) is 9.86. The highest BCUT2D eigenvalue weighted by molar-refractivity contribution is 6.13. The zero-order chi connectivity index (χ0) is 32.6. The second kappa shape index (κ2) is 9.39. The van der Waals surface area contributed by atoms with Crippen molar-refractivity contribution in [3.63, 3.8) is 0 Å². The van der Waals surface area contributed by atoms with Gasteiger partial charge in [0.15, 0.2) is 0 Å². The number of rotatable bonds is 1. The molecule has 0 saturated carbocycles. The Bertz CT molecular complexity index is 2880. The quantitative estimate of drug-likeness (QED) is 0.159. The summed E-state index contributed by atoms with van der Waals surface area (Å²) in [7, 11) is 0. The van der Waals surface area contributed by atoms with E-state index in [9.17, 15) is 0 Å². The lowest BCUT2D eigenvalue weighted by molar-refractivity contribution is 0.748. The topological polar surface area (TPSA) is 4.93 Å². The van der Waals surface area contributed by atoms with Crippen molar-refractivity contribution in [2.24, 2.45) is 0 Å². The van der Waals surface area contributed by atoms with E-state index in [0.29, 0.717) is 0 Å². The summed E-state index contributed by atoms with van der Waals surface area (Å²) < 4.78 is 2.56. The van der Waals surface area contributed by atoms with Crippen molar-refractivity contribution >= 4 is 39.0 Å². The molecular formula is C49H29N. The maximum Gasteiger partial charge on any atom is 0.0754 e. The number of para-hydroxylation sites is 2. The lowest BCUT2D eigenvalue weighted by atomic mass is 9.65. The first-order valence-corrected chi connectivity index (χ1v) is 17.6. The molecule has 1 heteroatoms. The molecule has 12 rings (SSSR count). The molecule has 0 fully saturated rings. The van der Waals surface area contributed by atoms with Crippen LogP contribution in [0.3, 0.4) is 0 Å². The molecular weight excluding hydrogens is 603 g/mol. The van der Waals surface area contributed by atoms with Gasteiger partial charge in [-0.15, -0.1) is 5.73 Å². The van der Waals surface area contributed by atoms with Gasteiger partial charge in [0.05, 0.1) is 22.1 Å². The third kappa shape index (κ3) is 3.11. The number of benzene rings is 6. The van der Waals surface area contributed by atoms with E-state index in [-0.39, 0.29) is 0 Å². The van der Waals surface area contributed by atoms with Gasteiger partial charge in [-0.2, -0.15) is 0 Å². The fraction of sp³-hybridized carbons (Fsp3) is 0.0408. The van der Waals surface area contributed by atoms with E-state index < -0.39 is 5.41 Å². The monoisotopic (exact) mass is 631 g/mol. The lowest BCUT2D eigenvalue weighted by Crippen LogP contribution is -2.33. The second-order valence-electron chi connectivity index (χ2n) is 14.0. The van der Waals surface area contributed by atoms with Gasteiger partial charge in [-0.3, -0.25) is 0 Å². The first-order chi connectivity index (χ1) is 24.8. The molecule has 0 radical (unpaired) electrons. The second-order valence-corrected chi connectivity index (χ2v) is 14.0. The van der Waals surface area contributed by atoms with E-state index in [1.54, 1.807) is 0 Å². The van der Waals surface area contributed by atoms with Crippen LogP contribution in [0.1, 0.15) is 45.4 Å². The maximum absolute atomic E-state index is 3.70. The van der Waals surface area contributed by atoms with E-state index in [4.69, 9.17) is 0 Å². The summed E-state index contributed by atoms with van der Waals surface area (Å²) in [6, 6.07) is 46.0. The number of hydrogen-bond donors (Lipinski definition) is 0. The highest BCUT2D eigenvalue weighted by Crippen LogP contribution is 2.61. The Morgan fingerprint density at radius 1 is 0.560 bits per heavy atom. The minimum Gasteiger partial charge on any atom is -0.309 e. The van der Waals surface area contributed by atoms with Crippen LogP contribution in [0.2, 0.25) is 0 Å². The number of aromatic nitrogens is 1.